The molecule has 0 spiro atoms. The van der Waals surface area contributed by atoms with Crippen LogP contribution in [0.5, 0.6) is 0 Å². The highest BCUT2D eigenvalue weighted by molar-refractivity contribution is 7.92. The van der Waals surface area contributed by atoms with Gasteiger partial charge in [-0.05, 0) is 49.9 Å². The topological polar surface area (TPSA) is 244 Å². The van der Waals surface area contributed by atoms with Gasteiger partial charge in [0.2, 0.25) is 16.0 Å². The molecule has 2 N–H and O–H groups in total. The Hall–Kier alpha value is -4.53. The van der Waals surface area contributed by atoms with Crippen molar-refractivity contribution in [2.75, 3.05) is 37.4 Å². The second-order valence-electron chi connectivity index (χ2n) is 11.5. The van der Waals surface area contributed by atoms with Gasteiger partial charge in [-0.25, -0.2) is 27.1 Å². The van der Waals surface area contributed by atoms with Crippen molar-refractivity contribution in [1.29, 1.82) is 0 Å². The minimum Gasteiger partial charge on any atom is -0.466 e. The van der Waals surface area contributed by atoms with Crippen molar-refractivity contribution in [3.63, 3.8) is 0 Å². The molecule has 0 radical (unpaired) electrons. The van der Waals surface area contributed by atoms with Gasteiger partial charge in [0.05, 0.1) is 49.5 Å². The molecule has 0 bridgehead atoms. The molecule has 2 rings (SSSR count). The molecule has 4 atom stereocenters. The predicted molar refractivity (Wildman–Crippen MR) is 175 cm³/mol. The maximum atomic E-state index is 13.7. The third-order valence-corrected chi connectivity index (χ3v) is 8.19. The number of carbonyl (C=O) groups is 1. The van der Waals surface area contributed by atoms with Crippen molar-refractivity contribution >= 4 is 28.0 Å². The molecule has 0 amide bonds. The summed E-state index contributed by atoms with van der Waals surface area (Å²) in [7, 11) is -2.41. The molecule has 278 valence electrons. The van der Waals surface area contributed by atoms with E-state index in [2.05, 4.69) is 19.6 Å². The van der Waals surface area contributed by atoms with E-state index in [0.717, 1.165) is 10.6 Å². The van der Waals surface area contributed by atoms with Crippen LogP contribution in [-0.2, 0) is 34.0 Å². The Morgan fingerprint density at radius 2 is 1.66 bits per heavy atom. The van der Waals surface area contributed by atoms with Crippen molar-refractivity contribution in [2.45, 2.75) is 76.8 Å². The number of rotatable bonds is 22. The fourth-order valence-corrected chi connectivity index (χ4v) is 4.73. The number of sulfonamides is 1. The van der Waals surface area contributed by atoms with Gasteiger partial charge in [0.15, 0.2) is 6.10 Å². The summed E-state index contributed by atoms with van der Waals surface area (Å²) in [5, 5.41) is 39.9. The summed E-state index contributed by atoms with van der Waals surface area (Å²) in [6.45, 7) is 4.57. The van der Waals surface area contributed by atoms with E-state index >= 15 is 0 Å². The minimum absolute atomic E-state index is 0.0261. The number of unbranched alkanes of at least 4 members (excludes halogenated alkanes) is 1. The minimum atomic E-state index is -3.71. The van der Waals surface area contributed by atoms with Gasteiger partial charge in [0.25, 0.3) is 10.2 Å². The van der Waals surface area contributed by atoms with Gasteiger partial charge in [-0.15, -0.1) is 20.2 Å². The Morgan fingerprint density at radius 1 is 1.04 bits per heavy atom. The molecular weight excluding hydrogens is 689 g/mol. The number of anilines is 1. The first-order chi connectivity index (χ1) is 23.4. The molecule has 20 heteroatoms. The summed E-state index contributed by atoms with van der Waals surface area (Å²) in [4.78, 5) is 50.8. The van der Waals surface area contributed by atoms with Crippen LogP contribution in [0.4, 0.5) is 10.3 Å². The van der Waals surface area contributed by atoms with Gasteiger partial charge in [-0.3, -0.25) is 4.79 Å². The zero-order valence-corrected chi connectivity index (χ0v) is 29.0. The fourth-order valence-electron chi connectivity index (χ4n) is 4.35. The molecule has 2 unspecified atom stereocenters. The van der Waals surface area contributed by atoms with Crippen LogP contribution in [0, 0.1) is 26.0 Å². The molecule has 0 fully saturated rings. The number of aromatic nitrogens is 2. The van der Waals surface area contributed by atoms with Gasteiger partial charge in [0.1, 0.15) is 11.9 Å². The van der Waals surface area contributed by atoms with Crippen molar-refractivity contribution < 1.29 is 57.1 Å². The van der Waals surface area contributed by atoms with Crippen LogP contribution in [0.25, 0.3) is 17.3 Å². The Bertz CT molecular complexity index is 1580. The summed E-state index contributed by atoms with van der Waals surface area (Å²) in [6.07, 6.45) is -1.13. The van der Waals surface area contributed by atoms with Gasteiger partial charge in [-0.1, -0.05) is 26.0 Å². The number of hydrogen-bond donors (Lipinski definition) is 2. The predicted octanol–water partition coefficient (Wildman–Crippen LogP) is 2.83. The summed E-state index contributed by atoms with van der Waals surface area (Å²) < 4.78 is 49.5. The standard InChI is InChI=1S/C30H42FN5O13S/c1-19(2)28-25(29(21-8-10-22(31)11-9-21)33-30(32-28)34(4)50(5,44)45)13-12-23(37)16-24(38)17-27(39)47-15-7-6-14-46-18-26(49-36(42)43)20(3)48-35(40)41/h8-13,19-20,23-24,26,37-38H,6-7,14-18H2,1-5H3/b13-12+/t20?,23-,24-,26?/m1/s1. The number of ether oxygens (including phenoxy) is 2. The van der Waals surface area contributed by atoms with Crippen LogP contribution in [0.2, 0.25) is 0 Å². The summed E-state index contributed by atoms with van der Waals surface area (Å²) in [5.41, 5.74) is 1.64. The SMILES string of the molecule is CC(C)c1nc(N(C)S(C)(=O)=O)nc(-c2ccc(F)cc2)c1/C=C/[C@@H](O)C[C@@H](O)CC(=O)OCCCCOCC(O[N+](=O)[O-])C(C)O[N+](=O)[O-]. The number of benzene rings is 1. The number of nitrogens with zero attached hydrogens (tertiary/aromatic N) is 5. The monoisotopic (exact) mass is 731 g/mol. The average Bonchev–Trinajstić information content (AvgIpc) is 3.01. The number of aliphatic hydroxyl groups is 2. The highest BCUT2D eigenvalue weighted by Crippen LogP contribution is 2.32. The van der Waals surface area contributed by atoms with Crippen molar-refractivity contribution in [3.05, 3.63) is 67.6 Å². The van der Waals surface area contributed by atoms with Crippen LogP contribution >= 0.6 is 0 Å². The molecule has 0 aliphatic carbocycles. The third-order valence-electron chi connectivity index (χ3n) is 7.03. The van der Waals surface area contributed by atoms with Crippen molar-refractivity contribution in [1.82, 2.24) is 9.97 Å². The molecule has 0 saturated carbocycles. The zero-order chi connectivity index (χ0) is 37.6. The van der Waals surface area contributed by atoms with Crippen LogP contribution < -0.4 is 4.31 Å². The highest BCUT2D eigenvalue weighted by atomic mass is 32.2. The second-order valence-corrected chi connectivity index (χ2v) is 13.5. The van der Waals surface area contributed by atoms with E-state index in [1.54, 1.807) is 0 Å². The second kappa shape index (κ2) is 19.6. The highest BCUT2D eigenvalue weighted by Gasteiger charge is 2.25. The zero-order valence-electron chi connectivity index (χ0n) is 28.2. The van der Waals surface area contributed by atoms with E-state index < -0.39 is 62.8 Å². The largest absolute Gasteiger partial charge is 0.466 e. The van der Waals surface area contributed by atoms with Gasteiger partial charge < -0.3 is 29.4 Å². The van der Waals surface area contributed by atoms with E-state index in [1.165, 1.54) is 50.4 Å². The molecule has 0 aliphatic heterocycles. The van der Waals surface area contributed by atoms with E-state index in [0.29, 0.717) is 29.7 Å². The molecule has 1 aromatic heterocycles. The summed E-state index contributed by atoms with van der Waals surface area (Å²) in [5.74, 6) is -1.54. The molecule has 0 saturated heterocycles. The Morgan fingerprint density at radius 3 is 2.24 bits per heavy atom. The fraction of sp³-hybridized carbons (Fsp3) is 0.567. The number of hydrogen-bond acceptors (Lipinski definition) is 15. The van der Waals surface area contributed by atoms with E-state index in [4.69, 9.17) is 9.47 Å². The lowest BCUT2D eigenvalue weighted by Crippen LogP contribution is -2.36. The summed E-state index contributed by atoms with van der Waals surface area (Å²) in [6, 6.07) is 5.41. The van der Waals surface area contributed by atoms with Gasteiger partial charge in [-0.2, -0.15) is 0 Å². The van der Waals surface area contributed by atoms with Crippen LogP contribution in [-0.4, -0.2) is 102 Å². The first kappa shape index (κ1) is 41.6. The first-order valence-electron chi connectivity index (χ1n) is 15.4. The lowest BCUT2D eigenvalue weighted by atomic mass is 9.97. The summed E-state index contributed by atoms with van der Waals surface area (Å²) >= 11 is 0. The number of aliphatic hydroxyl groups excluding tert-OH is 2. The average molecular weight is 732 g/mol. The molecule has 1 aromatic carbocycles. The lowest BCUT2D eigenvalue weighted by Gasteiger charge is -2.20. The Labute approximate surface area is 288 Å². The van der Waals surface area contributed by atoms with Crippen LogP contribution in [0.15, 0.2) is 30.3 Å². The van der Waals surface area contributed by atoms with Crippen LogP contribution in [0.3, 0.4) is 0 Å². The number of halogens is 1. The lowest BCUT2D eigenvalue weighted by molar-refractivity contribution is -0.798. The van der Waals surface area contributed by atoms with Crippen molar-refractivity contribution in [3.8, 4) is 11.3 Å². The van der Waals surface area contributed by atoms with Gasteiger partial charge in [0, 0.05) is 31.2 Å². The third kappa shape index (κ3) is 14.1. The molecule has 18 nitrogen and oxygen atoms in total. The number of carbonyl (C=O) groups excluding carboxylic acids is 1. The van der Waals surface area contributed by atoms with E-state index in [-0.39, 0.29) is 43.8 Å². The van der Waals surface area contributed by atoms with E-state index in [1.807, 2.05) is 13.8 Å². The molecular formula is C30H42FN5O13S. The molecule has 0 aliphatic rings. The van der Waals surface area contributed by atoms with Gasteiger partial charge >= 0.3 is 5.97 Å². The van der Waals surface area contributed by atoms with E-state index in [9.17, 15) is 48.0 Å². The maximum absolute atomic E-state index is 13.7. The smallest absolute Gasteiger partial charge is 0.308 e. The molecule has 50 heavy (non-hydrogen) atoms. The van der Waals surface area contributed by atoms with Crippen LogP contribution in [0.1, 0.15) is 63.6 Å². The van der Waals surface area contributed by atoms with Crippen molar-refractivity contribution in [2.24, 2.45) is 0 Å². The maximum Gasteiger partial charge on any atom is 0.308 e. The molecule has 1 heterocycles. The molecule has 2 aromatic rings. The quantitative estimate of drug-likeness (QED) is 0.0765. The normalized spacial score (nSPS) is 14.2. The Kier molecular flexibility index (Phi) is 16.3. The Balaban J connectivity index is 1.97. The first-order valence-corrected chi connectivity index (χ1v) is 17.3. The number of esters is 1.